The van der Waals surface area contributed by atoms with Gasteiger partial charge in [-0.1, -0.05) is 29.8 Å². The third kappa shape index (κ3) is 3.77. The molecule has 1 saturated heterocycles. The number of nitrogens with zero attached hydrogens (tertiary/aromatic N) is 1. The highest BCUT2D eigenvalue weighted by atomic mass is 35.5. The van der Waals surface area contributed by atoms with E-state index in [1.165, 1.54) is 0 Å². The molecule has 1 aliphatic heterocycles. The number of hydrogen-bond donors (Lipinski definition) is 1. The van der Waals surface area contributed by atoms with E-state index in [-0.39, 0.29) is 11.8 Å². The van der Waals surface area contributed by atoms with Crippen molar-refractivity contribution in [1.82, 2.24) is 5.32 Å². The molecule has 0 spiro atoms. The number of para-hydroxylation sites is 1. The number of nitrogens with one attached hydrogen (secondary N) is 1. The first-order valence-electron chi connectivity index (χ1n) is 8.06. The fourth-order valence-corrected chi connectivity index (χ4v) is 3.08. The second-order valence-electron chi connectivity index (χ2n) is 5.84. The van der Waals surface area contributed by atoms with Crippen LogP contribution in [0.1, 0.15) is 12.0 Å². The molecule has 3 rings (SSSR count). The second-order valence-corrected chi connectivity index (χ2v) is 6.27. The highest BCUT2D eigenvalue weighted by molar-refractivity contribution is 6.30. The average Bonchev–Trinajstić information content (AvgIpc) is 3.02. The van der Waals surface area contributed by atoms with E-state index < -0.39 is 5.92 Å². The molecule has 2 aromatic carbocycles. The van der Waals surface area contributed by atoms with Gasteiger partial charge >= 0.3 is 0 Å². The molecule has 1 aliphatic rings. The smallest absolute Gasteiger partial charge is 0.239 e. The van der Waals surface area contributed by atoms with Crippen molar-refractivity contribution in [2.75, 3.05) is 18.6 Å². The van der Waals surface area contributed by atoms with E-state index in [9.17, 15) is 9.59 Å². The van der Waals surface area contributed by atoms with Crippen LogP contribution in [0.15, 0.2) is 48.5 Å². The van der Waals surface area contributed by atoms with E-state index >= 15 is 0 Å². The molecule has 2 amide bonds. The summed E-state index contributed by atoms with van der Waals surface area (Å²) in [6, 6.07) is 14.5. The Morgan fingerprint density at radius 2 is 1.96 bits per heavy atom. The normalized spacial score (nSPS) is 16.8. The van der Waals surface area contributed by atoms with Gasteiger partial charge in [0.2, 0.25) is 11.8 Å². The minimum atomic E-state index is -0.662. The number of carbonyl (C=O) groups is 2. The summed E-state index contributed by atoms with van der Waals surface area (Å²) < 4.78 is 5.27. The molecule has 0 unspecified atom stereocenters. The third-order valence-electron chi connectivity index (χ3n) is 4.31. The first-order chi connectivity index (χ1) is 12.1. The molecular weight excluding hydrogens is 340 g/mol. The Balaban J connectivity index is 1.63. The second kappa shape index (κ2) is 7.57. The standard InChI is InChI=1S/C19H19ClN2O3/c1-25-17-5-3-2-4-13(17)12-21-18(23)16-10-11-22(19(16)24)15-8-6-14(20)7-9-15/h2-9,16H,10-12H2,1H3,(H,21,23)/t16-/m1/s1. The number of benzene rings is 2. The van der Waals surface area contributed by atoms with Crippen LogP contribution in [0.3, 0.4) is 0 Å². The Labute approximate surface area is 151 Å². The van der Waals surface area contributed by atoms with Crippen molar-refractivity contribution >= 4 is 29.1 Å². The molecule has 0 saturated carbocycles. The minimum absolute atomic E-state index is 0.181. The molecule has 0 aromatic heterocycles. The number of amides is 2. The maximum atomic E-state index is 12.6. The molecule has 0 bridgehead atoms. The summed E-state index contributed by atoms with van der Waals surface area (Å²) >= 11 is 5.88. The molecular formula is C19H19ClN2O3. The van der Waals surface area contributed by atoms with Crippen LogP contribution in [-0.2, 0) is 16.1 Å². The molecule has 1 heterocycles. The topological polar surface area (TPSA) is 58.6 Å². The van der Waals surface area contributed by atoms with Crippen molar-refractivity contribution in [1.29, 1.82) is 0 Å². The van der Waals surface area contributed by atoms with Gasteiger partial charge in [0.1, 0.15) is 11.7 Å². The average molecular weight is 359 g/mol. The van der Waals surface area contributed by atoms with Crippen LogP contribution < -0.4 is 15.0 Å². The summed E-state index contributed by atoms with van der Waals surface area (Å²) in [5.41, 5.74) is 1.63. The van der Waals surface area contributed by atoms with Crippen LogP contribution in [0.4, 0.5) is 5.69 Å². The molecule has 25 heavy (non-hydrogen) atoms. The molecule has 6 heteroatoms. The number of rotatable bonds is 5. The molecule has 2 aromatic rings. The lowest BCUT2D eigenvalue weighted by Gasteiger charge is -2.17. The predicted molar refractivity (Wildman–Crippen MR) is 96.8 cm³/mol. The van der Waals surface area contributed by atoms with Crippen molar-refractivity contribution in [3.8, 4) is 5.75 Å². The van der Waals surface area contributed by atoms with Crippen LogP contribution in [0.25, 0.3) is 0 Å². The van der Waals surface area contributed by atoms with Gasteiger partial charge in [0.15, 0.2) is 0 Å². The van der Waals surface area contributed by atoms with Crippen LogP contribution >= 0.6 is 11.6 Å². The number of halogens is 1. The molecule has 0 aliphatic carbocycles. The Morgan fingerprint density at radius 1 is 1.24 bits per heavy atom. The molecule has 130 valence electrons. The SMILES string of the molecule is COc1ccccc1CNC(=O)[C@H]1CCN(c2ccc(Cl)cc2)C1=O. The predicted octanol–water partition coefficient (Wildman–Crippen LogP) is 3.02. The van der Waals surface area contributed by atoms with Crippen LogP contribution in [0.5, 0.6) is 5.75 Å². The van der Waals surface area contributed by atoms with Crippen LogP contribution in [0.2, 0.25) is 5.02 Å². The Morgan fingerprint density at radius 3 is 2.68 bits per heavy atom. The van der Waals surface area contributed by atoms with E-state index in [0.717, 1.165) is 11.3 Å². The maximum absolute atomic E-state index is 12.6. The van der Waals surface area contributed by atoms with Crippen molar-refractivity contribution in [3.05, 3.63) is 59.1 Å². The van der Waals surface area contributed by atoms with E-state index in [1.54, 1.807) is 36.3 Å². The van der Waals surface area contributed by atoms with Gasteiger partial charge in [-0.15, -0.1) is 0 Å². The van der Waals surface area contributed by atoms with Gasteiger partial charge in [0.05, 0.1) is 7.11 Å². The zero-order chi connectivity index (χ0) is 17.8. The summed E-state index contributed by atoms with van der Waals surface area (Å²) in [5.74, 6) is -0.388. The van der Waals surface area contributed by atoms with E-state index in [0.29, 0.717) is 30.3 Å². The fraction of sp³-hybridized carbons (Fsp3) is 0.263. The summed E-state index contributed by atoms with van der Waals surface area (Å²) in [6.07, 6.45) is 0.499. The van der Waals surface area contributed by atoms with E-state index in [4.69, 9.17) is 16.3 Å². The van der Waals surface area contributed by atoms with Gasteiger partial charge < -0.3 is 15.0 Å². The highest BCUT2D eigenvalue weighted by Crippen LogP contribution is 2.26. The summed E-state index contributed by atoms with van der Waals surface area (Å²) in [4.78, 5) is 26.6. The fourth-order valence-electron chi connectivity index (χ4n) is 2.96. The van der Waals surface area contributed by atoms with Crippen molar-refractivity contribution < 1.29 is 14.3 Å². The molecule has 5 nitrogen and oxygen atoms in total. The lowest BCUT2D eigenvalue weighted by molar-refractivity contribution is -0.132. The molecule has 1 fully saturated rings. The van der Waals surface area contributed by atoms with Crippen LogP contribution in [-0.4, -0.2) is 25.5 Å². The van der Waals surface area contributed by atoms with E-state index in [1.807, 2.05) is 24.3 Å². The largest absolute Gasteiger partial charge is 0.496 e. The lowest BCUT2D eigenvalue weighted by Crippen LogP contribution is -2.36. The Hall–Kier alpha value is -2.53. The quantitative estimate of drug-likeness (QED) is 0.836. The minimum Gasteiger partial charge on any atom is -0.496 e. The summed E-state index contributed by atoms with van der Waals surface area (Å²) in [5, 5.41) is 3.45. The zero-order valence-corrected chi connectivity index (χ0v) is 14.6. The molecule has 0 radical (unpaired) electrons. The highest BCUT2D eigenvalue weighted by Gasteiger charge is 2.37. The molecule has 1 N–H and O–H groups in total. The number of anilines is 1. The number of methoxy groups -OCH3 is 1. The van der Waals surface area contributed by atoms with Gasteiger partial charge in [-0.2, -0.15) is 0 Å². The van der Waals surface area contributed by atoms with Crippen molar-refractivity contribution in [3.63, 3.8) is 0 Å². The van der Waals surface area contributed by atoms with E-state index in [2.05, 4.69) is 5.32 Å². The van der Waals surface area contributed by atoms with Gasteiger partial charge in [-0.3, -0.25) is 9.59 Å². The van der Waals surface area contributed by atoms with Gasteiger partial charge in [-0.05, 0) is 36.8 Å². The first-order valence-corrected chi connectivity index (χ1v) is 8.44. The van der Waals surface area contributed by atoms with Gasteiger partial charge in [0, 0.05) is 29.4 Å². The summed E-state index contributed by atoms with van der Waals surface area (Å²) in [6.45, 7) is 0.848. The third-order valence-corrected chi connectivity index (χ3v) is 4.56. The van der Waals surface area contributed by atoms with Crippen LogP contribution in [0, 0.1) is 5.92 Å². The van der Waals surface area contributed by atoms with Gasteiger partial charge in [0.25, 0.3) is 0 Å². The monoisotopic (exact) mass is 358 g/mol. The van der Waals surface area contributed by atoms with Gasteiger partial charge in [-0.25, -0.2) is 0 Å². The molecule has 1 atom stereocenters. The zero-order valence-electron chi connectivity index (χ0n) is 13.9. The Bertz CT molecular complexity index is 776. The number of hydrogen-bond acceptors (Lipinski definition) is 3. The lowest BCUT2D eigenvalue weighted by atomic mass is 10.1. The van der Waals surface area contributed by atoms with Crippen molar-refractivity contribution in [2.45, 2.75) is 13.0 Å². The first kappa shape index (κ1) is 17.3. The number of ether oxygens (including phenoxy) is 1. The van der Waals surface area contributed by atoms with Crippen molar-refractivity contribution in [2.24, 2.45) is 5.92 Å². The number of carbonyl (C=O) groups excluding carboxylic acids is 2. The summed E-state index contributed by atoms with van der Waals surface area (Å²) in [7, 11) is 1.59. The Kier molecular flexibility index (Phi) is 5.24. The maximum Gasteiger partial charge on any atom is 0.239 e.